The molecule has 9 nitrogen and oxygen atoms in total. The molecule has 0 bridgehead atoms. The summed E-state index contributed by atoms with van der Waals surface area (Å²) in [5.74, 6) is 3.00. The first-order chi connectivity index (χ1) is 17.5. The predicted octanol–water partition coefficient (Wildman–Crippen LogP) is 5.10. The molecular weight excluding hydrogens is 845 g/mol. The van der Waals surface area contributed by atoms with E-state index in [1.807, 2.05) is 27.7 Å². The van der Waals surface area contributed by atoms with Gasteiger partial charge in [0.15, 0.2) is 12.5 Å². The van der Waals surface area contributed by atoms with Crippen LogP contribution in [0.3, 0.4) is 0 Å². The Hall–Kier alpha value is 4.39. The van der Waals surface area contributed by atoms with E-state index in [2.05, 4.69) is 59.8 Å². The zero-order chi connectivity index (χ0) is 31.3. The first-order valence-electron chi connectivity index (χ1n) is 11.1. The van der Waals surface area contributed by atoms with Gasteiger partial charge in [-0.3, -0.25) is 0 Å². The van der Waals surface area contributed by atoms with Crippen molar-refractivity contribution in [3.05, 3.63) is 0 Å². The van der Waals surface area contributed by atoms with Crippen molar-refractivity contribution in [1.82, 2.24) is 0 Å². The Morgan fingerprint density at radius 2 is 0.590 bits per heavy atom. The smallest absolute Gasteiger partial charge is 0.793 e. The minimum Gasteiger partial charge on any atom is -0.793 e. The Kier molecular flexibility index (Phi) is 52.7. The molecule has 0 spiro atoms. The quantitative estimate of drug-likeness (QED) is 0.149. The van der Waals surface area contributed by atoms with Crippen LogP contribution in [0.15, 0.2) is 0 Å². The van der Waals surface area contributed by atoms with Crippen molar-refractivity contribution in [2.75, 3.05) is 49.4 Å². The van der Waals surface area contributed by atoms with E-state index < -0.39 is 22.8 Å². The van der Waals surface area contributed by atoms with Gasteiger partial charge < -0.3 is 37.7 Å². The van der Waals surface area contributed by atoms with Gasteiger partial charge in [-0.25, -0.2) is 0 Å². The molecule has 0 aliphatic heterocycles. The summed E-state index contributed by atoms with van der Waals surface area (Å²) in [6, 6.07) is 0. The third-order valence-corrected chi connectivity index (χ3v) is 20.1. The molecule has 0 saturated carbocycles. The number of hydrogen-bond acceptors (Lipinski definition) is 18. The van der Waals surface area contributed by atoms with Gasteiger partial charge in [0.05, 0.1) is 0 Å². The molecule has 0 aliphatic carbocycles. The van der Waals surface area contributed by atoms with E-state index in [0.29, 0.717) is 26.4 Å². The maximum atomic E-state index is 11.0. The van der Waals surface area contributed by atoms with Crippen molar-refractivity contribution in [3.63, 3.8) is 0 Å². The first-order valence-corrected chi connectivity index (χ1v) is 28.3. The molecule has 4 unspecified atom stereocenters. The van der Waals surface area contributed by atoms with E-state index in [-0.39, 0.29) is 21.1 Å². The van der Waals surface area contributed by atoms with Crippen molar-refractivity contribution >= 4 is 128 Å². The molecule has 4 atom stereocenters. The molecule has 0 fully saturated rings. The van der Waals surface area contributed by atoms with Gasteiger partial charge in [0.1, 0.15) is 0 Å². The maximum Gasteiger partial charge on any atom is 4.00 e. The summed E-state index contributed by atoms with van der Waals surface area (Å²) in [7, 11) is 0. The Bertz CT molecular complexity index is 566. The van der Waals surface area contributed by atoms with Gasteiger partial charge >= 0.3 is 21.1 Å². The molecule has 0 aliphatic rings. The second-order valence-electron chi connectivity index (χ2n) is 5.13. The second-order valence-corrected chi connectivity index (χ2v) is 30.5. The molecule has 0 N–H and O–H groups in total. The van der Waals surface area contributed by atoms with Crippen LogP contribution in [-0.4, -0.2) is 53.6 Å². The summed E-state index contributed by atoms with van der Waals surface area (Å²) in [5, 5.41) is 0. The fourth-order valence-corrected chi connectivity index (χ4v) is 15.3. The van der Waals surface area contributed by atoms with E-state index in [1.54, 1.807) is 27.7 Å². The van der Waals surface area contributed by atoms with Crippen LogP contribution in [0.5, 0.6) is 0 Å². The van der Waals surface area contributed by atoms with Crippen LogP contribution < -0.4 is 19.6 Å². The fourth-order valence-electron chi connectivity index (χ4n) is 1.41. The molecule has 0 aromatic rings. The molecule has 0 aromatic carbocycles. The van der Waals surface area contributed by atoms with E-state index in [1.165, 1.54) is 45.5 Å². The normalized spacial score (nSPS) is 16.0. The van der Waals surface area contributed by atoms with Crippen molar-refractivity contribution in [2.24, 2.45) is 0 Å². The molecule has 0 rings (SSSR count). The van der Waals surface area contributed by atoms with Crippen LogP contribution in [0.25, 0.3) is 0 Å². The first kappa shape index (κ1) is 55.8. The molecule has 0 saturated heterocycles. The summed E-state index contributed by atoms with van der Waals surface area (Å²) in [5.41, 5.74) is -10.8. The average molecular weight is 885 g/mol. The molecule has 0 heterocycles. The average Bonchev–Trinajstić information content (AvgIpc) is 2.76. The molecular formula is C16H40MoO9P4S9. The number of rotatable bonds is 16. The van der Waals surface area contributed by atoms with Crippen molar-refractivity contribution in [2.45, 2.75) is 55.4 Å². The van der Waals surface area contributed by atoms with Gasteiger partial charge in [0.2, 0.25) is 0 Å². The fraction of sp³-hybridized carbons (Fsp3) is 1.00. The van der Waals surface area contributed by atoms with E-state index in [9.17, 15) is 19.6 Å². The van der Waals surface area contributed by atoms with E-state index >= 15 is 0 Å². The van der Waals surface area contributed by atoms with Crippen LogP contribution in [0.2, 0.25) is 0 Å². The van der Waals surface area contributed by atoms with Crippen LogP contribution in [-0.2, 0) is 98.9 Å². The van der Waals surface area contributed by atoms with Crippen molar-refractivity contribution in [1.29, 1.82) is 0 Å². The Morgan fingerprint density at radius 3 is 0.667 bits per heavy atom. The third kappa shape index (κ3) is 52.2. The Labute approximate surface area is 292 Å². The summed E-state index contributed by atoms with van der Waals surface area (Å²) < 4.78 is 27.0. The van der Waals surface area contributed by atoms with Gasteiger partial charge in [-0.05, 0) is 50.7 Å². The minimum absolute atomic E-state index is 0. The summed E-state index contributed by atoms with van der Waals surface area (Å²) in [6.07, 6.45) is 0. The minimum atomic E-state index is -2.69. The topological polar surface area (TPSA) is 146 Å². The third-order valence-electron chi connectivity index (χ3n) is 2.30. The molecule has 23 heteroatoms. The molecule has 0 aromatic heterocycles. The van der Waals surface area contributed by atoms with Crippen molar-refractivity contribution < 1.29 is 62.9 Å². The van der Waals surface area contributed by atoms with Gasteiger partial charge in [-0.1, -0.05) is 74.9 Å². The van der Waals surface area contributed by atoms with E-state index in [0.717, 1.165) is 23.0 Å². The summed E-state index contributed by atoms with van der Waals surface area (Å²) in [4.78, 5) is 43.9. The summed E-state index contributed by atoms with van der Waals surface area (Å²) in [6.45, 7) is 16.5. The predicted molar refractivity (Wildman–Crippen MR) is 184 cm³/mol. The second kappa shape index (κ2) is 36.9. The standard InChI is InChI=1S/4C4H11O2PS2.Mo.OS/c4*1-3-6-7(5,8)9-4-2;;1-2/h4*3-4H2,1-2H3,(H,5,8);;/q;;;;+4;/p-4. The van der Waals surface area contributed by atoms with Gasteiger partial charge in [0.25, 0.3) is 0 Å². The SMILES string of the molecule is CCOP([O-])(=S)SCC.CCOP([O-])(=S)SCC.CCOP([O-])(=S)SCC.CCOP([O-])(=S)SCC.O=S.[Mo+4]. The van der Waals surface area contributed by atoms with Gasteiger partial charge in [-0.2, -0.15) is 4.21 Å². The maximum absolute atomic E-state index is 11.0. The van der Waals surface area contributed by atoms with Crippen LogP contribution in [0.1, 0.15) is 55.4 Å². The molecule has 0 radical (unpaired) electrons. The van der Waals surface area contributed by atoms with Crippen LogP contribution in [0.4, 0.5) is 0 Å². The van der Waals surface area contributed by atoms with Crippen molar-refractivity contribution in [3.8, 4) is 0 Å². The van der Waals surface area contributed by atoms with Crippen LogP contribution >= 0.6 is 68.3 Å². The van der Waals surface area contributed by atoms with E-state index in [4.69, 9.17) is 22.3 Å². The largest absolute Gasteiger partial charge is 4.00 e. The monoisotopic (exact) mass is 886 g/mol. The molecule has 0 amide bonds. The zero-order valence-electron chi connectivity index (χ0n) is 23.2. The Balaban J connectivity index is -0.0000000902. The summed E-state index contributed by atoms with van der Waals surface area (Å²) >= 11 is 26.2. The van der Waals surface area contributed by atoms with Gasteiger partial charge in [-0.15, -0.1) is 45.5 Å². The van der Waals surface area contributed by atoms with Crippen LogP contribution in [0, 0.1) is 0 Å². The number of hydrogen-bond donors (Lipinski definition) is 0. The molecule has 238 valence electrons. The molecule has 39 heavy (non-hydrogen) atoms. The Morgan fingerprint density at radius 1 is 0.462 bits per heavy atom. The zero-order valence-corrected chi connectivity index (χ0v) is 36.1. The van der Waals surface area contributed by atoms with Gasteiger partial charge in [0, 0.05) is 49.2 Å².